The van der Waals surface area contributed by atoms with Crippen LogP contribution >= 0.6 is 11.3 Å². The lowest BCUT2D eigenvalue weighted by molar-refractivity contribution is 0.509. The molecule has 0 bridgehead atoms. The van der Waals surface area contributed by atoms with Gasteiger partial charge in [-0.25, -0.2) is 17.2 Å². The third-order valence-corrected chi connectivity index (χ3v) is 5.73. The highest BCUT2D eigenvalue weighted by Crippen LogP contribution is 2.27. The van der Waals surface area contributed by atoms with Gasteiger partial charge in [0.25, 0.3) is 10.0 Å². The molecular weight excluding hydrogens is 306 g/mol. The summed E-state index contributed by atoms with van der Waals surface area (Å²) in [6, 6.07) is 4.30. The Kier molecular flexibility index (Phi) is 4.07. The lowest BCUT2D eigenvalue weighted by Crippen LogP contribution is -2.11. The van der Waals surface area contributed by atoms with Crippen LogP contribution in [0.5, 0.6) is 0 Å². The predicted molar refractivity (Wildman–Crippen MR) is 74.1 cm³/mol. The zero-order valence-electron chi connectivity index (χ0n) is 10.5. The summed E-state index contributed by atoms with van der Waals surface area (Å²) in [5.41, 5.74) is 6.24. The lowest BCUT2D eigenvalue weighted by Gasteiger charge is -2.06. The van der Waals surface area contributed by atoms with Crippen LogP contribution in [-0.4, -0.2) is 8.42 Å². The smallest absolute Gasteiger partial charge is 0.271 e. The van der Waals surface area contributed by atoms with Gasteiger partial charge >= 0.3 is 0 Å². The Hall–Kier alpha value is -1.51. The van der Waals surface area contributed by atoms with Crippen LogP contribution in [0.15, 0.2) is 28.5 Å². The molecule has 0 fully saturated rings. The molecule has 0 aliphatic rings. The van der Waals surface area contributed by atoms with E-state index in [0.29, 0.717) is 0 Å². The highest BCUT2D eigenvalue weighted by atomic mass is 32.2. The van der Waals surface area contributed by atoms with Gasteiger partial charge in [-0.3, -0.25) is 4.72 Å². The molecule has 1 aromatic heterocycles. The quantitative estimate of drug-likeness (QED) is 0.910. The molecule has 0 saturated carbocycles. The molecular formula is C12H12F2N2O2S2. The fourth-order valence-electron chi connectivity index (χ4n) is 1.59. The Morgan fingerprint density at radius 2 is 1.95 bits per heavy atom. The number of hydrogen-bond donors (Lipinski definition) is 2. The fraction of sp³-hybridized carbons (Fsp3) is 0.167. The summed E-state index contributed by atoms with van der Waals surface area (Å²) < 4.78 is 52.4. The molecule has 0 atom stereocenters. The molecule has 20 heavy (non-hydrogen) atoms. The Balaban J connectivity index is 2.32. The van der Waals surface area contributed by atoms with Crippen molar-refractivity contribution in [2.24, 2.45) is 5.73 Å². The van der Waals surface area contributed by atoms with Gasteiger partial charge in [0.15, 0.2) is 11.6 Å². The highest BCUT2D eigenvalue weighted by molar-refractivity contribution is 7.94. The number of anilines is 1. The van der Waals surface area contributed by atoms with Crippen LogP contribution in [0.25, 0.3) is 0 Å². The molecule has 108 valence electrons. The molecule has 2 aromatic rings. The second-order valence-electron chi connectivity index (χ2n) is 4.11. The molecule has 0 saturated heterocycles. The number of halogens is 2. The first-order valence-electron chi connectivity index (χ1n) is 5.60. The number of hydrogen-bond acceptors (Lipinski definition) is 4. The van der Waals surface area contributed by atoms with E-state index in [1.807, 2.05) is 0 Å². The average Bonchev–Trinajstić information content (AvgIpc) is 2.76. The molecule has 0 aliphatic heterocycles. The van der Waals surface area contributed by atoms with Gasteiger partial charge in [0, 0.05) is 17.5 Å². The predicted octanol–water partition coefficient (Wildman–Crippen LogP) is 2.59. The minimum absolute atomic E-state index is 0.0377. The molecule has 0 unspecified atom stereocenters. The van der Waals surface area contributed by atoms with E-state index >= 15 is 0 Å². The van der Waals surface area contributed by atoms with Gasteiger partial charge < -0.3 is 5.73 Å². The van der Waals surface area contributed by atoms with Crippen LogP contribution in [-0.2, 0) is 16.6 Å². The number of nitrogens with one attached hydrogen (secondary N) is 1. The summed E-state index contributed by atoms with van der Waals surface area (Å²) in [5.74, 6) is -2.15. The number of thiophene rings is 1. The summed E-state index contributed by atoms with van der Waals surface area (Å²) in [6.07, 6.45) is 0. The number of aryl methyl sites for hydroxylation is 1. The average molecular weight is 318 g/mol. The zero-order valence-corrected chi connectivity index (χ0v) is 12.1. The maximum Gasteiger partial charge on any atom is 0.271 e. The van der Waals surface area contributed by atoms with Crippen LogP contribution in [0.2, 0.25) is 0 Å². The largest absolute Gasteiger partial charge is 0.326 e. The first-order chi connectivity index (χ1) is 9.33. The highest BCUT2D eigenvalue weighted by Gasteiger charge is 2.19. The van der Waals surface area contributed by atoms with E-state index in [9.17, 15) is 17.2 Å². The molecule has 3 N–H and O–H groups in total. The van der Waals surface area contributed by atoms with E-state index in [-0.39, 0.29) is 16.4 Å². The van der Waals surface area contributed by atoms with Crippen molar-refractivity contribution in [1.29, 1.82) is 0 Å². The number of sulfonamides is 1. The van der Waals surface area contributed by atoms with Gasteiger partial charge in [-0.1, -0.05) is 0 Å². The van der Waals surface area contributed by atoms with Crippen molar-refractivity contribution in [1.82, 2.24) is 0 Å². The van der Waals surface area contributed by atoms with E-state index in [0.717, 1.165) is 40.0 Å². The summed E-state index contributed by atoms with van der Waals surface area (Å²) in [5, 5.41) is 0. The second kappa shape index (κ2) is 5.47. The number of nitrogens with two attached hydrogens (primary N) is 1. The minimum atomic E-state index is -3.83. The van der Waals surface area contributed by atoms with Gasteiger partial charge in [-0.05, 0) is 30.7 Å². The SMILES string of the molecule is Cc1cc(S(=O)(=O)Nc2ccc(F)c(F)c2)sc1CN. The molecule has 0 radical (unpaired) electrons. The Labute approximate surface area is 119 Å². The summed E-state index contributed by atoms with van der Waals surface area (Å²) >= 11 is 1.05. The molecule has 8 heteroatoms. The fourth-order valence-corrected chi connectivity index (χ4v) is 4.11. The number of rotatable bonds is 4. The van der Waals surface area contributed by atoms with Crippen molar-refractivity contribution in [3.05, 3.63) is 46.3 Å². The maximum absolute atomic E-state index is 13.1. The van der Waals surface area contributed by atoms with Crippen LogP contribution < -0.4 is 10.5 Å². The third-order valence-electron chi connectivity index (χ3n) is 2.62. The topological polar surface area (TPSA) is 72.2 Å². The third kappa shape index (κ3) is 2.97. The van der Waals surface area contributed by atoms with E-state index in [4.69, 9.17) is 5.73 Å². The van der Waals surface area contributed by atoms with Gasteiger partial charge in [0.05, 0.1) is 5.69 Å². The minimum Gasteiger partial charge on any atom is -0.326 e. The monoisotopic (exact) mass is 318 g/mol. The zero-order chi connectivity index (χ0) is 14.9. The van der Waals surface area contributed by atoms with Crippen molar-refractivity contribution in [3.63, 3.8) is 0 Å². The van der Waals surface area contributed by atoms with Crippen LogP contribution in [0.4, 0.5) is 14.5 Å². The number of benzene rings is 1. The van der Waals surface area contributed by atoms with Crippen molar-refractivity contribution in [3.8, 4) is 0 Å². The molecule has 1 aromatic carbocycles. The Bertz CT molecular complexity index is 742. The van der Waals surface area contributed by atoms with E-state index in [1.54, 1.807) is 6.92 Å². The van der Waals surface area contributed by atoms with Gasteiger partial charge in [-0.2, -0.15) is 0 Å². The van der Waals surface area contributed by atoms with Gasteiger partial charge in [0.1, 0.15) is 4.21 Å². The Morgan fingerprint density at radius 3 is 2.50 bits per heavy atom. The second-order valence-corrected chi connectivity index (χ2v) is 7.16. The summed E-state index contributed by atoms with van der Waals surface area (Å²) in [4.78, 5) is 0.760. The summed E-state index contributed by atoms with van der Waals surface area (Å²) in [6.45, 7) is 2.01. The Morgan fingerprint density at radius 1 is 1.25 bits per heavy atom. The van der Waals surface area contributed by atoms with Crippen molar-refractivity contribution >= 4 is 27.0 Å². The van der Waals surface area contributed by atoms with Crippen molar-refractivity contribution in [2.45, 2.75) is 17.7 Å². The molecule has 0 amide bonds. The van der Waals surface area contributed by atoms with E-state index < -0.39 is 21.7 Å². The van der Waals surface area contributed by atoms with Gasteiger partial charge in [-0.15, -0.1) is 11.3 Å². The van der Waals surface area contributed by atoms with Crippen LogP contribution in [0, 0.1) is 18.6 Å². The van der Waals surface area contributed by atoms with E-state index in [1.165, 1.54) is 6.07 Å². The molecule has 0 spiro atoms. The maximum atomic E-state index is 13.1. The van der Waals surface area contributed by atoms with Crippen molar-refractivity contribution < 1.29 is 17.2 Å². The molecule has 1 heterocycles. The molecule has 0 aliphatic carbocycles. The van der Waals surface area contributed by atoms with E-state index in [2.05, 4.69) is 4.72 Å². The normalized spacial score (nSPS) is 11.6. The lowest BCUT2D eigenvalue weighted by atomic mass is 10.3. The molecule has 4 nitrogen and oxygen atoms in total. The first kappa shape index (κ1) is 14.9. The first-order valence-corrected chi connectivity index (χ1v) is 7.90. The van der Waals surface area contributed by atoms with Gasteiger partial charge in [0.2, 0.25) is 0 Å². The van der Waals surface area contributed by atoms with Crippen molar-refractivity contribution in [2.75, 3.05) is 4.72 Å². The summed E-state index contributed by atoms with van der Waals surface area (Å²) in [7, 11) is -3.83. The molecule has 2 rings (SSSR count). The van der Waals surface area contributed by atoms with Crippen LogP contribution in [0.3, 0.4) is 0 Å². The standard InChI is InChI=1S/C12H12F2N2O2S2/c1-7-4-12(19-11(7)6-15)20(17,18)16-8-2-3-9(13)10(14)5-8/h2-5,16H,6,15H2,1H3. The van der Waals surface area contributed by atoms with Crippen LogP contribution in [0.1, 0.15) is 10.4 Å².